The highest BCUT2D eigenvalue weighted by Gasteiger charge is 2.07. The maximum Gasteiger partial charge on any atom is 0.0430 e. The average Bonchev–Trinajstić information content (AvgIpc) is 3.07. The Balaban J connectivity index is 1.83. The van der Waals surface area contributed by atoms with E-state index in [0.29, 0.717) is 0 Å². The molecule has 0 bridgehead atoms. The second-order valence-corrected chi connectivity index (χ2v) is 7.22. The summed E-state index contributed by atoms with van der Waals surface area (Å²) in [6.07, 6.45) is 0. The first-order valence-electron chi connectivity index (χ1n) is 6.67. The van der Waals surface area contributed by atoms with Crippen LogP contribution in [0.3, 0.4) is 0 Å². The largest absolute Gasteiger partial charge is 0.380 e. The van der Waals surface area contributed by atoms with Gasteiger partial charge in [-0.2, -0.15) is 0 Å². The van der Waals surface area contributed by atoms with Crippen LogP contribution in [0.25, 0.3) is 10.4 Å². The van der Waals surface area contributed by atoms with Crippen LogP contribution in [0, 0.1) is 13.8 Å². The Kier molecular flexibility index (Phi) is 3.90. The Morgan fingerprint density at radius 1 is 1.05 bits per heavy atom. The predicted molar refractivity (Wildman–Crippen MR) is 90.9 cm³/mol. The van der Waals surface area contributed by atoms with Crippen LogP contribution in [0.4, 0.5) is 5.69 Å². The zero-order valence-corrected chi connectivity index (χ0v) is 13.3. The third kappa shape index (κ3) is 2.79. The summed E-state index contributed by atoms with van der Waals surface area (Å²) >= 11 is 3.65. The van der Waals surface area contributed by atoms with Gasteiger partial charge in [0.25, 0.3) is 0 Å². The summed E-state index contributed by atoms with van der Waals surface area (Å²) < 4.78 is 0. The maximum atomic E-state index is 3.59. The Labute approximate surface area is 127 Å². The van der Waals surface area contributed by atoms with E-state index in [0.717, 1.165) is 6.54 Å². The van der Waals surface area contributed by atoms with Gasteiger partial charge in [-0.25, -0.2) is 0 Å². The van der Waals surface area contributed by atoms with E-state index in [4.69, 9.17) is 0 Å². The molecule has 0 saturated carbocycles. The maximum absolute atomic E-state index is 3.59. The first-order chi connectivity index (χ1) is 9.74. The number of hydrogen-bond acceptors (Lipinski definition) is 3. The van der Waals surface area contributed by atoms with Crippen LogP contribution < -0.4 is 5.32 Å². The highest BCUT2D eigenvalue weighted by Crippen LogP contribution is 2.32. The van der Waals surface area contributed by atoms with E-state index in [1.807, 2.05) is 11.3 Å². The zero-order chi connectivity index (χ0) is 13.9. The van der Waals surface area contributed by atoms with Gasteiger partial charge < -0.3 is 5.32 Å². The minimum absolute atomic E-state index is 0.887. The molecule has 0 saturated heterocycles. The van der Waals surface area contributed by atoms with Gasteiger partial charge in [0, 0.05) is 32.4 Å². The van der Waals surface area contributed by atoms with Crippen LogP contribution >= 0.6 is 22.7 Å². The Bertz CT molecular complexity index is 696. The summed E-state index contributed by atoms with van der Waals surface area (Å²) in [5.41, 5.74) is 3.89. The molecule has 1 aromatic carbocycles. The van der Waals surface area contributed by atoms with Gasteiger partial charge in [-0.05, 0) is 43.0 Å². The second-order valence-electron chi connectivity index (χ2n) is 4.81. The average molecular weight is 299 g/mol. The van der Waals surface area contributed by atoms with Crippen molar-refractivity contribution in [3.63, 3.8) is 0 Å². The van der Waals surface area contributed by atoms with Gasteiger partial charge in [-0.3, -0.25) is 0 Å². The van der Waals surface area contributed by atoms with Crippen LogP contribution in [0.5, 0.6) is 0 Å². The van der Waals surface area contributed by atoms with Gasteiger partial charge in [0.05, 0.1) is 0 Å². The minimum atomic E-state index is 0.887. The first kappa shape index (κ1) is 13.4. The molecule has 0 fully saturated rings. The van der Waals surface area contributed by atoms with E-state index in [1.165, 1.54) is 31.4 Å². The van der Waals surface area contributed by atoms with Crippen molar-refractivity contribution in [1.82, 2.24) is 0 Å². The lowest BCUT2D eigenvalue weighted by atomic mass is 10.1. The molecule has 3 rings (SSSR count). The van der Waals surface area contributed by atoms with Crippen molar-refractivity contribution in [2.45, 2.75) is 20.4 Å². The lowest BCUT2D eigenvalue weighted by Crippen LogP contribution is -2.00. The molecule has 0 spiro atoms. The molecule has 0 radical (unpaired) electrons. The van der Waals surface area contributed by atoms with Crippen LogP contribution in [0.2, 0.25) is 0 Å². The number of anilines is 1. The van der Waals surface area contributed by atoms with Crippen LogP contribution in [0.1, 0.15) is 15.3 Å². The molecule has 1 N–H and O–H groups in total. The molecule has 0 atom stereocenters. The van der Waals surface area contributed by atoms with E-state index in [2.05, 4.69) is 67.0 Å². The normalized spacial score (nSPS) is 10.7. The van der Waals surface area contributed by atoms with Gasteiger partial charge in [-0.15, -0.1) is 22.7 Å². The molecule has 3 heteroatoms. The number of thiophene rings is 2. The molecule has 0 aliphatic rings. The van der Waals surface area contributed by atoms with Crippen molar-refractivity contribution >= 4 is 28.4 Å². The molecule has 1 nitrogen and oxygen atoms in total. The summed E-state index contributed by atoms with van der Waals surface area (Å²) in [5.74, 6) is 0. The van der Waals surface area contributed by atoms with Gasteiger partial charge in [-0.1, -0.05) is 24.3 Å². The monoisotopic (exact) mass is 299 g/mol. The highest BCUT2D eigenvalue weighted by atomic mass is 32.1. The molecule has 20 heavy (non-hydrogen) atoms. The summed E-state index contributed by atoms with van der Waals surface area (Å²) in [6.45, 7) is 5.25. The number of nitrogens with one attached hydrogen (secondary N) is 1. The van der Waals surface area contributed by atoms with Crippen molar-refractivity contribution in [2.24, 2.45) is 0 Å². The zero-order valence-electron chi connectivity index (χ0n) is 11.6. The molecule has 0 aliphatic carbocycles. The molecular formula is C17H17NS2. The third-order valence-electron chi connectivity index (χ3n) is 3.33. The number of para-hydroxylation sites is 1. The second kappa shape index (κ2) is 5.81. The Hall–Kier alpha value is -1.58. The quantitative estimate of drug-likeness (QED) is 0.651. The van der Waals surface area contributed by atoms with Gasteiger partial charge >= 0.3 is 0 Å². The molecule has 0 amide bonds. The molecule has 2 heterocycles. The standard InChI is InChI=1S/C17H17NS2/c1-12-10-14(13(2)20-12)11-18-16-7-4-3-6-15(16)17-8-5-9-19-17/h3-10,18H,11H2,1-2H3. The summed E-state index contributed by atoms with van der Waals surface area (Å²) in [6, 6.07) is 15.1. The third-order valence-corrected chi connectivity index (χ3v) is 5.24. The van der Waals surface area contributed by atoms with Gasteiger partial charge in [0.15, 0.2) is 0 Å². The van der Waals surface area contributed by atoms with E-state index < -0.39 is 0 Å². The fourth-order valence-electron chi connectivity index (χ4n) is 2.33. The number of hydrogen-bond donors (Lipinski definition) is 1. The molecule has 0 aliphatic heterocycles. The smallest absolute Gasteiger partial charge is 0.0430 e. The molecule has 102 valence electrons. The lowest BCUT2D eigenvalue weighted by molar-refractivity contribution is 1.14. The van der Waals surface area contributed by atoms with Crippen molar-refractivity contribution in [3.05, 3.63) is 63.2 Å². The van der Waals surface area contributed by atoms with E-state index in [9.17, 15) is 0 Å². The van der Waals surface area contributed by atoms with E-state index in [-0.39, 0.29) is 0 Å². The number of rotatable bonds is 4. The molecular weight excluding hydrogens is 282 g/mol. The molecule has 2 aromatic heterocycles. The summed E-state index contributed by atoms with van der Waals surface area (Å²) in [5, 5.41) is 5.71. The van der Waals surface area contributed by atoms with Crippen molar-refractivity contribution in [3.8, 4) is 10.4 Å². The SMILES string of the molecule is Cc1cc(CNc2ccccc2-c2cccs2)c(C)s1. The van der Waals surface area contributed by atoms with Crippen LogP contribution in [-0.2, 0) is 6.54 Å². The predicted octanol–water partition coefficient (Wildman–Crippen LogP) is 5.71. The summed E-state index contributed by atoms with van der Waals surface area (Å²) in [4.78, 5) is 4.10. The highest BCUT2D eigenvalue weighted by molar-refractivity contribution is 7.13. The van der Waals surface area contributed by atoms with Gasteiger partial charge in [0.2, 0.25) is 0 Å². The Morgan fingerprint density at radius 3 is 2.60 bits per heavy atom. The van der Waals surface area contributed by atoms with Crippen molar-refractivity contribution in [2.75, 3.05) is 5.32 Å². The van der Waals surface area contributed by atoms with Crippen molar-refractivity contribution < 1.29 is 0 Å². The van der Waals surface area contributed by atoms with Crippen molar-refractivity contribution in [1.29, 1.82) is 0 Å². The molecule has 0 unspecified atom stereocenters. The fraction of sp³-hybridized carbons (Fsp3) is 0.176. The van der Waals surface area contributed by atoms with E-state index in [1.54, 1.807) is 11.3 Å². The Morgan fingerprint density at radius 2 is 1.90 bits per heavy atom. The molecule has 3 aromatic rings. The van der Waals surface area contributed by atoms with Gasteiger partial charge in [0.1, 0.15) is 0 Å². The minimum Gasteiger partial charge on any atom is -0.380 e. The van der Waals surface area contributed by atoms with E-state index >= 15 is 0 Å². The topological polar surface area (TPSA) is 12.0 Å². The van der Waals surface area contributed by atoms with Crippen LogP contribution in [-0.4, -0.2) is 0 Å². The van der Waals surface area contributed by atoms with Crippen LogP contribution in [0.15, 0.2) is 47.8 Å². The first-order valence-corrected chi connectivity index (χ1v) is 8.36. The number of aryl methyl sites for hydroxylation is 2. The summed E-state index contributed by atoms with van der Waals surface area (Å²) in [7, 11) is 0. The fourth-order valence-corrected chi connectivity index (χ4v) is 4.05. The number of benzene rings is 1. The lowest BCUT2D eigenvalue weighted by Gasteiger charge is -2.11.